The Balaban J connectivity index is 1.95. The summed E-state index contributed by atoms with van der Waals surface area (Å²) in [6.45, 7) is 4.37. The molecule has 1 nitrogen and oxygen atoms in total. The SMILES string of the molecule is Cc1ccc(C(C)NC2CC=CC2)cc1. The van der Waals surface area contributed by atoms with Crippen LogP contribution in [0.2, 0.25) is 0 Å². The zero-order valence-corrected chi connectivity index (χ0v) is 9.53. The molecule has 0 radical (unpaired) electrons. The van der Waals surface area contributed by atoms with Gasteiger partial charge in [-0.25, -0.2) is 0 Å². The Hall–Kier alpha value is -1.08. The highest BCUT2D eigenvalue weighted by Gasteiger charge is 2.13. The van der Waals surface area contributed by atoms with Gasteiger partial charge in [0, 0.05) is 12.1 Å². The number of benzene rings is 1. The highest BCUT2D eigenvalue weighted by molar-refractivity contribution is 5.23. The summed E-state index contributed by atoms with van der Waals surface area (Å²) < 4.78 is 0. The molecule has 1 aliphatic rings. The lowest BCUT2D eigenvalue weighted by Crippen LogP contribution is -2.29. The van der Waals surface area contributed by atoms with Crippen LogP contribution in [-0.4, -0.2) is 6.04 Å². The molecule has 0 spiro atoms. The van der Waals surface area contributed by atoms with Crippen LogP contribution in [0.25, 0.3) is 0 Å². The van der Waals surface area contributed by atoms with E-state index >= 15 is 0 Å². The van der Waals surface area contributed by atoms with Crippen molar-refractivity contribution in [2.45, 2.75) is 38.8 Å². The van der Waals surface area contributed by atoms with E-state index in [2.05, 4.69) is 55.6 Å². The molecule has 0 amide bonds. The molecule has 80 valence electrons. The van der Waals surface area contributed by atoms with Gasteiger partial charge < -0.3 is 5.32 Å². The standard InChI is InChI=1S/C14H19N/c1-11-7-9-13(10-8-11)12(2)15-14-5-3-4-6-14/h3-4,7-10,12,14-15H,5-6H2,1-2H3. The highest BCUT2D eigenvalue weighted by Crippen LogP contribution is 2.17. The number of rotatable bonds is 3. The number of hydrogen-bond donors (Lipinski definition) is 1. The second kappa shape index (κ2) is 4.63. The Bertz CT molecular complexity index is 329. The maximum absolute atomic E-state index is 3.65. The van der Waals surface area contributed by atoms with Crippen LogP contribution in [0.3, 0.4) is 0 Å². The summed E-state index contributed by atoms with van der Waals surface area (Å²) in [4.78, 5) is 0. The third-order valence-electron chi connectivity index (χ3n) is 3.07. The molecule has 0 saturated heterocycles. The maximum Gasteiger partial charge on any atom is 0.0294 e. The first kappa shape index (κ1) is 10.4. The maximum atomic E-state index is 3.65. The molecule has 1 N–H and O–H groups in total. The molecule has 15 heavy (non-hydrogen) atoms. The molecule has 2 rings (SSSR count). The second-order valence-electron chi connectivity index (χ2n) is 4.44. The first-order chi connectivity index (χ1) is 7.25. The summed E-state index contributed by atoms with van der Waals surface area (Å²) in [5, 5.41) is 3.65. The van der Waals surface area contributed by atoms with E-state index in [4.69, 9.17) is 0 Å². The van der Waals surface area contributed by atoms with Crippen molar-refractivity contribution in [3.8, 4) is 0 Å². The topological polar surface area (TPSA) is 12.0 Å². The molecular formula is C14H19N. The second-order valence-corrected chi connectivity index (χ2v) is 4.44. The fourth-order valence-electron chi connectivity index (χ4n) is 2.06. The van der Waals surface area contributed by atoms with Gasteiger partial charge in [-0.15, -0.1) is 0 Å². The van der Waals surface area contributed by atoms with Gasteiger partial charge in [0.2, 0.25) is 0 Å². The molecule has 1 unspecified atom stereocenters. The van der Waals surface area contributed by atoms with Gasteiger partial charge in [-0.2, -0.15) is 0 Å². The summed E-state index contributed by atoms with van der Waals surface area (Å²) in [5.74, 6) is 0. The molecule has 1 heteroatoms. The van der Waals surface area contributed by atoms with Crippen LogP contribution in [0.5, 0.6) is 0 Å². The van der Waals surface area contributed by atoms with Gasteiger partial charge in [0.25, 0.3) is 0 Å². The molecule has 1 atom stereocenters. The third-order valence-corrected chi connectivity index (χ3v) is 3.07. The van der Waals surface area contributed by atoms with E-state index in [0.717, 1.165) is 0 Å². The van der Waals surface area contributed by atoms with Crippen LogP contribution in [0.4, 0.5) is 0 Å². The van der Waals surface area contributed by atoms with E-state index in [1.165, 1.54) is 24.0 Å². The lowest BCUT2D eigenvalue weighted by atomic mass is 10.1. The van der Waals surface area contributed by atoms with Crippen LogP contribution in [0.15, 0.2) is 36.4 Å². The van der Waals surface area contributed by atoms with Crippen LogP contribution in [0.1, 0.15) is 36.9 Å². The third kappa shape index (κ3) is 2.69. The van der Waals surface area contributed by atoms with Crippen molar-refractivity contribution in [2.24, 2.45) is 0 Å². The molecule has 0 bridgehead atoms. The highest BCUT2D eigenvalue weighted by atomic mass is 14.9. The van der Waals surface area contributed by atoms with Crippen LogP contribution in [-0.2, 0) is 0 Å². The zero-order chi connectivity index (χ0) is 10.7. The van der Waals surface area contributed by atoms with Gasteiger partial charge in [0.05, 0.1) is 0 Å². The van der Waals surface area contributed by atoms with E-state index in [1.807, 2.05) is 0 Å². The zero-order valence-electron chi connectivity index (χ0n) is 9.53. The fourth-order valence-corrected chi connectivity index (χ4v) is 2.06. The summed E-state index contributed by atoms with van der Waals surface area (Å²) >= 11 is 0. The Morgan fingerprint density at radius 2 is 1.73 bits per heavy atom. The van der Waals surface area contributed by atoms with Gasteiger partial charge >= 0.3 is 0 Å². The summed E-state index contributed by atoms with van der Waals surface area (Å²) in [5.41, 5.74) is 2.71. The van der Waals surface area contributed by atoms with Gasteiger partial charge in [-0.3, -0.25) is 0 Å². The van der Waals surface area contributed by atoms with E-state index in [0.29, 0.717) is 12.1 Å². The van der Waals surface area contributed by atoms with Crippen LogP contribution >= 0.6 is 0 Å². The minimum Gasteiger partial charge on any atom is -0.307 e. The number of hydrogen-bond acceptors (Lipinski definition) is 1. The predicted octanol–water partition coefficient (Wildman–Crippen LogP) is 3.36. The molecule has 0 heterocycles. The van der Waals surface area contributed by atoms with Crippen LogP contribution in [0, 0.1) is 6.92 Å². The first-order valence-electron chi connectivity index (χ1n) is 5.73. The minimum absolute atomic E-state index is 0.454. The summed E-state index contributed by atoms with van der Waals surface area (Å²) in [7, 11) is 0. The molecule has 0 aromatic heterocycles. The van der Waals surface area contributed by atoms with Gasteiger partial charge in [-0.05, 0) is 32.3 Å². The largest absolute Gasteiger partial charge is 0.307 e. The average molecular weight is 201 g/mol. The van der Waals surface area contributed by atoms with Crippen molar-refractivity contribution in [2.75, 3.05) is 0 Å². The van der Waals surface area contributed by atoms with Gasteiger partial charge in [0.15, 0.2) is 0 Å². The quantitative estimate of drug-likeness (QED) is 0.739. The smallest absolute Gasteiger partial charge is 0.0294 e. The molecule has 1 aromatic carbocycles. The Kier molecular flexibility index (Phi) is 3.22. The molecule has 1 aliphatic carbocycles. The Morgan fingerprint density at radius 3 is 2.33 bits per heavy atom. The molecule has 1 aromatic rings. The normalized spacial score (nSPS) is 18.3. The average Bonchev–Trinajstić information content (AvgIpc) is 2.71. The number of nitrogens with one attached hydrogen (secondary N) is 1. The van der Waals surface area contributed by atoms with Crippen molar-refractivity contribution in [3.63, 3.8) is 0 Å². The van der Waals surface area contributed by atoms with Crippen LogP contribution < -0.4 is 5.32 Å². The van der Waals surface area contributed by atoms with Crippen molar-refractivity contribution in [1.82, 2.24) is 5.32 Å². The fraction of sp³-hybridized carbons (Fsp3) is 0.429. The number of aryl methyl sites for hydroxylation is 1. The van der Waals surface area contributed by atoms with Gasteiger partial charge in [0.1, 0.15) is 0 Å². The van der Waals surface area contributed by atoms with E-state index in [-0.39, 0.29) is 0 Å². The predicted molar refractivity (Wildman–Crippen MR) is 64.9 cm³/mol. The molecule has 0 aliphatic heterocycles. The van der Waals surface area contributed by atoms with Crippen molar-refractivity contribution < 1.29 is 0 Å². The monoisotopic (exact) mass is 201 g/mol. The van der Waals surface area contributed by atoms with Crippen molar-refractivity contribution in [1.29, 1.82) is 0 Å². The Labute approximate surface area is 92.2 Å². The lowest BCUT2D eigenvalue weighted by molar-refractivity contribution is 0.471. The van der Waals surface area contributed by atoms with Crippen molar-refractivity contribution in [3.05, 3.63) is 47.5 Å². The minimum atomic E-state index is 0.454. The van der Waals surface area contributed by atoms with Crippen molar-refractivity contribution >= 4 is 0 Å². The van der Waals surface area contributed by atoms with E-state index in [9.17, 15) is 0 Å². The molecular weight excluding hydrogens is 182 g/mol. The summed E-state index contributed by atoms with van der Waals surface area (Å²) in [6.07, 6.45) is 6.88. The molecule has 0 saturated carbocycles. The van der Waals surface area contributed by atoms with E-state index in [1.54, 1.807) is 0 Å². The lowest BCUT2D eigenvalue weighted by Gasteiger charge is -2.19. The molecule has 0 fully saturated rings. The first-order valence-corrected chi connectivity index (χ1v) is 5.73. The Morgan fingerprint density at radius 1 is 1.13 bits per heavy atom. The summed E-state index contributed by atoms with van der Waals surface area (Å²) in [6, 6.07) is 9.89. The van der Waals surface area contributed by atoms with Gasteiger partial charge in [-0.1, -0.05) is 42.0 Å². The van der Waals surface area contributed by atoms with E-state index < -0.39 is 0 Å².